The zero-order valence-electron chi connectivity index (χ0n) is 13.0. The lowest BCUT2D eigenvalue weighted by molar-refractivity contribution is -0.124. The third-order valence-electron chi connectivity index (χ3n) is 4.07. The van der Waals surface area contributed by atoms with Crippen LogP contribution in [0.3, 0.4) is 0 Å². The van der Waals surface area contributed by atoms with Crippen molar-refractivity contribution in [3.8, 4) is 0 Å². The smallest absolute Gasteiger partial charge is 0.237 e. The van der Waals surface area contributed by atoms with Crippen LogP contribution in [-0.2, 0) is 4.79 Å². The number of amides is 1. The van der Waals surface area contributed by atoms with Gasteiger partial charge in [-0.1, -0.05) is 24.6 Å². The molecule has 0 aromatic heterocycles. The molecule has 4 heteroatoms. The summed E-state index contributed by atoms with van der Waals surface area (Å²) < 4.78 is 0. The fourth-order valence-electron chi connectivity index (χ4n) is 2.43. The van der Waals surface area contributed by atoms with Gasteiger partial charge in [-0.15, -0.1) is 11.8 Å². The van der Waals surface area contributed by atoms with E-state index in [-0.39, 0.29) is 5.91 Å². The summed E-state index contributed by atoms with van der Waals surface area (Å²) in [5.41, 5.74) is 6.37. The number of benzene rings is 1. The van der Waals surface area contributed by atoms with Crippen molar-refractivity contribution in [1.29, 1.82) is 0 Å². The predicted octanol–water partition coefficient (Wildman–Crippen LogP) is 3.25. The Labute approximate surface area is 132 Å². The minimum atomic E-state index is -0.533. The van der Waals surface area contributed by atoms with Crippen molar-refractivity contribution in [2.24, 2.45) is 5.73 Å². The van der Waals surface area contributed by atoms with Gasteiger partial charge in [0.25, 0.3) is 0 Å². The molecule has 1 unspecified atom stereocenters. The van der Waals surface area contributed by atoms with Gasteiger partial charge in [-0.05, 0) is 56.9 Å². The summed E-state index contributed by atoms with van der Waals surface area (Å²) in [5.74, 6) is 0.865. The van der Waals surface area contributed by atoms with Gasteiger partial charge in [0.2, 0.25) is 5.91 Å². The van der Waals surface area contributed by atoms with Gasteiger partial charge < -0.3 is 11.1 Å². The Morgan fingerprint density at radius 2 is 2.10 bits per heavy atom. The second kappa shape index (κ2) is 7.32. The summed E-state index contributed by atoms with van der Waals surface area (Å²) >= 11 is 1.90. The molecule has 0 spiro atoms. The lowest BCUT2D eigenvalue weighted by atomic mass is 9.94. The van der Waals surface area contributed by atoms with Crippen molar-refractivity contribution in [2.75, 3.05) is 5.75 Å². The van der Waals surface area contributed by atoms with E-state index < -0.39 is 5.54 Å². The number of thioether (sulfide) groups is 1. The quantitative estimate of drug-likeness (QED) is 0.544. The Bertz CT molecular complexity index is 487. The van der Waals surface area contributed by atoms with E-state index >= 15 is 0 Å². The van der Waals surface area contributed by atoms with Crippen molar-refractivity contribution in [3.05, 3.63) is 29.8 Å². The summed E-state index contributed by atoms with van der Waals surface area (Å²) in [6.45, 7) is 4.09. The van der Waals surface area contributed by atoms with Crippen LogP contribution in [-0.4, -0.2) is 23.2 Å². The Morgan fingerprint density at radius 1 is 1.38 bits per heavy atom. The second-order valence-electron chi connectivity index (χ2n) is 6.19. The van der Waals surface area contributed by atoms with E-state index in [1.807, 2.05) is 18.7 Å². The van der Waals surface area contributed by atoms with Gasteiger partial charge in [-0.25, -0.2) is 0 Å². The molecule has 1 aromatic rings. The van der Waals surface area contributed by atoms with Crippen LogP contribution in [0.5, 0.6) is 0 Å². The number of nitrogens with two attached hydrogens (primary N) is 1. The molecule has 0 heterocycles. The maximum absolute atomic E-state index is 11.7. The van der Waals surface area contributed by atoms with E-state index in [9.17, 15) is 4.79 Å². The molecule has 0 radical (unpaired) electrons. The van der Waals surface area contributed by atoms with Crippen LogP contribution >= 0.6 is 11.8 Å². The summed E-state index contributed by atoms with van der Waals surface area (Å²) in [5, 5.41) is 3.40. The van der Waals surface area contributed by atoms with Crippen molar-refractivity contribution >= 4 is 17.7 Å². The number of hydrogen-bond acceptors (Lipinski definition) is 3. The molecule has 0 bridgehead atoms. The molecule has 1 atom stereocenters. The number of primary amides is 1. The molecule has 3 nitrogen and oxygen atoms in total. The number of unbranched alkanes of at least 4 members (excludes halogenated alkanes) is 1. The van der Waals surface area contributed by atoms with Crippen LogP contribution in [0.1, 0.15) is 44.6 Å². The Kier molecular flexibility index (Phi) is 5.71. The normalized spacial score (nSPS) is 17.4. The Hall–Kier alpha value is -1.00. The van der Waals surface area contributed by atoms with Crippen molar-refractivity contribution in [3.63, 3.8) is 0 Å². The molecule has 1 saturated carbocycles. The third-order valence-corrected chi connectivity index (χ3v) is 5.33. The van der Waals surface area contributed by atoms with Gasteiger partial charge in [-0.3, -0.25) is 4.79 Å². The minimum absolute atomic E-state index is 0.221. The van der Waals surface area contributed by atoms with Gasteiger partial charge >= 0.3 is 0 Å². The number of nitrogens with one attached hydrogen (secondary N) is 1. The standard InChI is InChI=1S/C17H26N2OS/c1-13-7-3-4-8-15(13)21-12-6-5-11-17(2,16(18)20)19-14-9-10-14/h3-4,7-8,14,19H,5-6,9-12H2,1-2H3,(H2,18,20). The molecule has 1 aliphatic rings. The number of aryl methyl sites for hydroxylation is 1. The topological polar surface area (TPSA) is 55.1 Å². The highest BCUT2D eigenvalue weighted by Gasteiger charge is 2.36. The van der Waals surface area contributed by atoms with Crippen LogP contribution in [0.15, 0.2) is 29.2 Å². The average Bonchev–Trinajstić information content (AvgIpc) is 3.24. The molecule has 1 amide bonds. The van der Waals surface area contributed by atoms with Crippen LogP contribution in [0.4, 0.5) is 0 Å². The average molecular weight is 306 g/mol. The number of rotatable bonds is 9. The molecule has 0 aliphatic heterocycles. The van der Waals surface area contributed by atoms with Crippen LogP contribution < -0.4 is 11.1 Å². The lowest BCUT2D eigenvalue weighted by Gasteiger charge is -2.27. The molecule has 1 aromatic carbocycles. The summed E-state index contributed by atoms with van der Waals surface area (Å²) in [7, 11) is 0. The zero-order chi connectivity index (χ0) is 15.3. The highest BCUT2D eigenvalue weighted by molar-refractivity contribution is 7.99. The van der Waals surface area contributed by atoms with Gasteiger partial charge in [0, 0.05) is 10.9 Å². The van der Waals surface area contributed by atoms with E-state index in [4.69, 9.17) is 5.73 Å². The fourth-order valence-corrected chi connectivity index (χ4v) is 3.46. The lowest BCUT2D eigenvalue weighted by Crippen LogP contribution is -2.53. The summed E-state index contributed by atoms with van der Waals surface area (Å²) in [6.07, 6.45) is 5.30. The molecular formula is C17H26N2OS. The molecular weight excluding hydrogens is 280 g/mol. The van der Waals surface area contributed by atoms with Crippen LogP contribution in [0.2, 0.25) is 0 Å². The molecule has 2 rings (SSSR count). The molecule has 116 valence electrons. The number of carbonyl (C=O) groups is 1. The molecule has 1 aliphatic carbocycles. The first-order valence-electron chi connectivity index (χ1n) is 7.77. The maximum Gasteiger partial charge on any atom is 0.237 e. The predicted molar refractivity (Wildman–Crippen MR) is 89.5 cm³/mol. The Morgan fingerprint density at radius 3 is 2.71 bits per heavy atom. The van der Waals surface area contributed by atoms with Crippen molar-refractivity contribution in [1.82, 2.24) is 5.32 Å². The van der Waals surface area contributed by atoms with E-state index in [2.05, 4.69) is 36.5 Å². The van der Waals surface area contributed by atoms with E-state index in [0.717, 1.165) is 25.0 Å². The first kappa shape index (κ1) is 16.4. The van der Waals surface area contributed by atoms with Gasteiger partial charge in [-0.2, -0.15) is 0 Å². The zero-order valence-corrected chi connectivity index (χ0v) is 13.8. The minimum Gasteiger partial charge on any atom is -0.368 e. The second-order valence-corrected chi connectivity index (χ2v) is 7.32. The van der Waals surface area contributed by atoms with Gasteiger partial charge in [0.1, 0.15) is 0 Å². The molecule has 1 fully saturated rings. The molecule has 3 N–H and O–H groups in total. The van der Waals surface area contributed by atoms with E-state index in [0.29, 0.717) is 6.04 Å². The van der Waals surface area contributed by atoms with Gasteiger partial charge in [0.05, 0.1) is 5.54 Å². The van der Waals surface area contributed by atoms with Crippen molar-refractivity contribution in [2.45, 2.75) is 62.4 Å². The Balaban J connectivity index is 1.70. The maximum atomic E-state index is 11.7. The SMILES string of the molecule is Cc1ccccc1SCCCCC(C)(NC1CC1)C(N)=O. The molecule has 0 saturated heterocycles. The summed E-state index contributed by atoms with van der Waals surface area (Å²) in [4.78, 5) is 13.0. The van der Waals surface area contributed by atoms with E-state index in [1.165, 1.54) is 23.3 Å². The van der Waals surface area contributed by atoms with E-state index in [1.54, 1.807) is 0 Å². The highest BCUT2D eigenvalue weighted by Crippen LogP contribution is 2.26. The number of hydrogen-bond donors (Lipinski definition) is 2. The number of carbonyl (C=O) groups excluding carboxylic acids is 1. The van der Waals surface area contributed by atoms with Crippen molar-refractivity contribution < 1.29 is 4.79 Å². The first-order chi connectivity index (χ1) is 10.0. The van der Waals surface area contributed by atoms with Gasteiger partial charge in [0.15, 0.2) is 0 Å². The summed E-state index contributed by atoms with van der Waals surface area (Å²) in [6, 6.07) is 8.97. The monoisotopic (exact) mass is 306 g/mol. The molecule has 21 heavy (non-hydrogen) atoms. The largest absolute Gasteiger partial charge is 0.368 e. The van der Waals surface area contributed by atoms with Crippen LogP contribution in [0.25, 0.3) is 0 Å². The third kappa shape index (κ3) is 5.04. The highest BCUT2D eigenvalue weighted by atomic mass is 32.2. The first-order valence-corrected chi connectivity index (χ1v) is 8.76. The van der Waals surface area contributed by atoms with Crippen LogP contribution in [0, 0.1) is 6.92 Å². The fraction of sp³-hybridized carbons (Fsp3) is 0.588.